The molecule has 0 spiro atoms. The van der Waals surface area contributed by atoms with Gasteiger partial charge in [0.05, 0.1) is 29.8 Å². The molecule has 0 radical (unpaired) electrons. The zero-order valence-electron chi connectivity index (χ0n) is 22.7. The van der Waals surface area contributed by atoms with Gasteiger partial charge in [-0.1, -0.05) is 35.3 Å². The molecule has 40 heavy (non-hydrogen) atoms. The summed E-state index contributed by atoms with van der Waals surface area (Å²) in [6.45, 7) is 2.38. The molecule has 5 rings (SSSR count). The number of nitrogens with zero attached hydrogens (tertiary/aromatic N) is 4. The van der Waals surface area contributed by atoms with Crippen molar-refractivity contribution in [3.8, 4) is 22.6 Å². The Hall–Kier alpha value is -3.53. The van der Waals surface area contributed by atoms with Crippen LogP contribution in [0.5, 0.6) is 11.5 Å². The number of piperidine rings is 1. The van der Waals surface area contributed by atoms with Gasteiger partial charge in [-0.3, -0.25) is 9.36 Å². The number of hydrogen-bond acceptors (Lipinski definition) is 8. The summed E-state index contributed by atoms with van der Waals surface area (Å²) >= 11 is 13.4. The lowest BCUT2D eigenvalue weighted by Gasteiger charge is -2.29. The summed E-state index contributed by atoms with van der Waals surface area (Å²) in [6.07, 6.45) is 4.30. The Kier molecular flexibility index (Phi) is 8.35. The number of halogens is 2. The van der Waals surface area contributed by atoms with Crippen molar-refractivity contribution >= 4 is 45.9 Å². The van der Waals surface area contributed by atoms with E-state index in [9.17, 15) is 4.79 Å². The van der Waals surface area contributed by atoms with Crippen LogP contribution < -0.4 is 26.1 Å². The first-order valence-electron chi connectivity index (χ1n) is 13.1. The molecule has 0 amide bonds. The van der Waals surface area contributed by atoms with Crippen molar-refractivity contribution in [2.75, 3.05) is 45.4 Å². The fraction of sp³-hybridized carbons (Fsp3) is 0.345. The third kappa shape index (κ3) is 5.68. The fourth-order valence-electron chi connectivity index (χ4n) is 5.00. The van der Waals surface area contributed by atoms with Gasteiger partial charge in [0.25, 0.3) is 5.56 Å². The number of nitrogen functional groups attached to an aromatic ring is 1. The van der Waals surface area contributed by atoms with Crippen LogP contribution in [0, 0.1) is 0 Å². The molecule has 3 heterocycles. The Bertz CT molecular complexity index is 1560. The van der Waals surface area contributed by atoms with Crippen LogP contribution >= 0.6 is 23.2 Å². The average Bonchev–Trinajstić information content (AvgIpc) is 2.95. The molecule has 0 unspecified atom stereocenters. The summed E-state index contributed by atoms with van der Waals surface area (Å²) in [5, 5.41) is 4.57. The second-order valence-corrected chi connectivity index (χ2v) is 10.7. The fourth-order valence-corrected chi connectivity index (χ4v) is 5.70. The Morgan fingerprint density at radius 1 is 1.05 bits per heavy atom. The molecule has 210 valence electrons. The predicted octanol–water partition coefficient (Wildman–Crippen LogP) is 5.11. The highest BCUT2D eigenvalue weighted by Crippen LogP contribution is 2.45. The first-order valence-corrected chi connectivity index (χ1v) is 13.8. The van der Waals surface area contributed by atoms with E-state index in [-0.39, 0.29) is 21.6 Å². The molecule has 0 saturated carbocycles. The molecule has 0 atom stereocenters. The van der Waals surface area contributed by atoms with Gasteiger partial charge in [0.2, 0.25) is 5.95 Å². The third-order valence-electron chi connectivity index (χ3n) is 7.33. The minimum Gasteiger partial charge on any atom is -0.495 e. The number of rotatable bonds is 8. The van der Waals surface area contributed by atoms with Crippen LogP contribution in [0.2, 0.25) is 10.0 Å². The van der Waals surface area contributed by atoms with Crippen LogP contribution in [0.15, 0.2) is 47.4 Å². The third-order valence-corrected chi connectivity index (χ3v) is 8.08. The Balaban J connectivity index is 1.63. The largest absolute Gasteiger partial charge is 0.495 e. The monoisotopic (exact) mass is 582 g/mol. The van der Waals surface area contributed by atoms with Gasteiger partial charge in [0, 0.05) is 41.5 Å². The smallest absolute Gasteiger partial charge is 0.260 e. The standard InChI is InChI=1S/C29H32Cl2N6O3/c1-36-11-9-20(10-12-36)34-29-33-16-18-14-21(24-25(30)22(39-2)15-23(40-3)26(24)31)28(38)37(27(18)35-29)13-8-17-4-6-19(32)7-5-17/h4-7,14-16,20H,8-13,32H2,1-3H3,(H,33,34,35). The first kappa shape index (κ1) is 28.0. The van der Waals surface area contributed by atoms with Gasteiger partial charge in [0.15, 0.2) is 0 Å². The summed E-state index contributed by atoms with van der Waals surface area (Å²) in [5.41, 5.74) is 8.46. The molecular formula is C29H32Cl2N6O3. The summed E-state index contributed by atoms with van der Waals surface area (Å²) in [4.78, 5) is 25.9. The minimum atomic E-state index is -0.286. The number of aromatic nitrogens is 3. The number of aryl methyl sites for hydroxylation is 2. The zero-order valence-corrected chi connectivity index (χ0v) is 24.2. The minimum absolute atomic E-state index is 0.219. The van der Waals surface area contributed by atoms with E-state index in [1.165, 1.54) is 14.2 Å². The summed E-state index contributed by atoms with van der Waals surface area (Å²) in [6, 6.07) is 11.2. The molecule has 2 aromatic carbocycles. The van der Waals surface area contributed by atoms with Gasteiger partial charge in [-0.15, -0.1) is 0 Å². The number of likely N-dealkylation sites (tertiary alicyclic amines) is 1. The molecule has 0 bridgehead atoms. The molecule has 2 aromatic heterocycles. The lowest BCUT2D eigenvalue weighted by molar-refractivity contribution is 0.263. The van der Waals surface area contributed by atoms with Crippen molar-refractivity contribution in [1.29, 1.82) is 0 Å². The topological polar surface area (TPSA) is 108 Å². The maximum Gasteiger partial charge on any atom is 0.260 e. The lowest BCUT2D eigenvalue weighted by atomic mass is 10.0. The number of nitrogens with two attached hydrogens (primary N) is 1. The molecular weight excluding hydrogens is 551 g/mol. The van der Waals surface area contributed by atoms with E-state index in [0.29, 0.717) is 58.3 Å². The molecule has 9 nitrogen and oxygen atoms in total. The van der Waals surface area contributed by atoms with Crippen LogP contribution in [0.4, 0.5) is 11.6 Å². The predicted molar refractivity (Wildman–Crippen MR) is 161 cm³/mol. The zero-order chi connectivity index (χ0) is 28.4. The van der Waals surface area contributed by atoms with Crippen LogP contribution in [0.25, 0.3) is 22.2 Å². The van der Waals surface area contributed by atoms with Gasteiger partial charge >= 0.3 is 0 Å². The lowest BCUT2D eigenvalue weighted by Crippen LogP contribution is -2.37. The van der Waals surface area contributed by atoms with Crippen LogP contribution in [-0.2, 0) is 13.0 Å². The van der Waals surface area contributed by atoms with Gasteiger partial charge in [0.1, 0.15) is 17.1 Å². The number of anilines is 2. The highest BCUT2D eigenvalue weighted by molar-refractivity contribution is 6.41. The van der Waals surface area contributed by atoms with Gasteiger partial charge in [-0.05, 0) is 63.2 Å². The van der Waals surface area contributed by atoms with Crippen LogP contribution in [0.3, 0.4) is 0 Å². The number of methoxy groups -OCH3 is 2. The maximum atomic E-state index is 14.2. The number of fused-ring (bicyclic) bond motifs is 1. The molecule has 1 fully saturated rings. The molecule has 1 aliphatic rings. The molecule has 1 saturated heterocycles. The van der Waals surface area contributed by atoms with Crippen molar-refractivity contribution in [2.45, 2.75) is 31.8 Å². The van der Waals surface area contributed by atoms with Gasteiger partial charge < -0.3 is 25.4 Å². The number of hydrogen-bond donors (Lipinski definition) is 2. The van der Waals surface area contributed by atoms with E-state index in [1.807, 2.05) is 24.3 Å². The van der Waals surface area contributed by atoms with Crippen molar-refractivity contribution in [2.24, 2.45) is 0 Å². The normalized spacial score (nSPS) is 14.4. The van der Waals surface area contributed by atoms with E-state index < -0.39 is 0 Å². The number of pyridine rings is 1. The van der Waals surface area contributed by atoms with E-state index in [4.69, 9.17) is 43.4 Å². The van der Waals surface area contributed by atoms with Crippen LogP contribution in [-0.4, -0.2) is 59.8 Å². The van der Waals surface area contributed by atoms with E-state index in [2.05, 4.69) is 22.2 Å². The number of benzene rings is 2. The second kappa shape index (κ2) is 11.9. The number of nitrogens with one attached hydrogen (secondary N) is 1. The van der Waals surface area contributed by atoms with E-state index in [0.717, 1.165) is 31.5 Å². The summed E-state index contributed by atoms with van der Waals surface area (Å²) in [5.74, 6) is 1.19. The highest BCUT2D eigenvalue weighted by Gasteiger charge is 2.24. The summed E-state index contributed by atoms with van der Waals surface area (Å²) < 4.78 is 12.5. The Labute approximate surface area is 242 Å². The summed E-state index contributed by atoms with van der Waals surface area (Å²) in [7, 11) is 5.11. The van der Waals surface area contributed by atoms with Gasteiger partial charge in [-0.25, -0.2) is 4.98 Å². The average molecular weight is 584 g/mol. The molecule has 1 aliphatic heterocycles. The Morgan fingerprint density at radius 2 is 1.70 bits per heavy atom. The van der Waals surface area contributed by atoms with Crippen LogP contribution in [0.1, 0.15) is 18.4 Å². The maximum absolute atomic E-state index is 14.2. The van der Waals surface area contributed by atoms with E-state index >= 15 is 0 Å². The second-order valence-electron chi connectivity index (χ2n) is 9.98. The quantitative estimate of drug-likeness (QED) is 0.276. The van der Waals surface area contributed by atoms with Gasteiger partial charge in [-0.2, -0.15) is 4.98 Å². The van der Waals surface area contributed by atoms with Crippen molar-refractivity contribution < 1.29 is 9.47 Å². The number of ether oxygens (including phenoxy) is 2. The molecule has 0 aliphatic carbocycles. The van der Waals surface area contributed by atoms with E-state index in [1.54, 1.807) is 22.9 Å². The SMILES string of the molecule is COc1cc(OC)c(Cl)c(-c2cc3cnc(NC4CCN(C)CC4)nc3n(CCc3ccc(N)cc3)c2=O)c1Cl. The van der Waals surface area contributed by atoms with Crippen molar-refractivity contribution in [3.63, 3.8) is 0 Å². The molecule has 4 aromatic rings. The van der Waals surface area contributed by atoms with Crippen molar-refractivity contribution in [1.82, 2.24) is 19.4 Å². The molecule has 3 N–H and O–H groups in total. The first-order chi connectivity index (χ1) is 19.3. The highest BCUT2D eigenvalue weighted by atomic mass is 35.5. The van der Waals surface area contributed by atoms with Crippen molar-refractivity contribution in [3.05, 3.63) is 68.6 Å². The Morgan fingerprint density at radius 3 is 2.33 bits per heavy atom. The molecule has 11 heteroatoms.